The molecule has 1 amide bonds. The second-order valence-corrected chi connectivity index (χ2v) is 11.3. The van der Waals surface area contributed by atoms with Crippen LogP contribution in [0, 0.1) is 5.92 Å². The molecule has 3 aliphatic heterocycles. The van der Waals surface area contributed by atoms with Crippen LogP contribution in [0.1, 0.15) is 38.2 Å². The minimum Gasteiger partial charge on any atom is -0.449 e. The first-order valence-corrected chi connectivity index (χ1v) is 14.1. The summed E-state index contributed by atoms with van der Waals surface area (Å²) in [5.41, 5.74) is 6.09. The molecule has 0 atom stereocenters. The van der Waals surface area contributed by atoms with E-state index in [1.54, 1.807) is 0 Å². The number of piperidine rings is 1. The Balaban J connectivity index is 1.10. The largest absolute Gasteiger partial charge is 0.449 e. The van der Waals surface area contributed by atoms with E-state index in [-0.39, 0.29) is 6.09 Å². The van der Waals surface area contributed by atoms with Gasteiger partial charge in [-0.2, -0.15) is 5.10 Å². The van der Waals surface area contributed by atoms with Crippen LogP contribution in [0.15, 0.2) is 48.8 Å². The maximum absolute atomic E-state index is 12.5. The first-order valence-electron chi connectivity index (χ1n) is 14.1. The average molecular weight is 518 g/mol. The number of aromatic nitrogens is 2. The van der Waals surface area contributed by atoms with Gasteiger partial charge in [0.2, 0.25) is 0 Å². The van der Waals surface area contributed by atoms with Crippen LogP contribution in [-0.4, -0.2) is 90.6 Å². The number of amides is 1. The van der Waals surface area contributed by atoms with Gasteiger partial charge in [-0.3, -0.25) is 0 Å². The van der Waals surface area contributed by atoms with Crippen molar-refractivity contribution in [2.45, 2.75) is 38.6 Å². The van der Waals surface area contributed by atoms with E-state index >= 15 is 0 Å². The van der Waals surface area contributed by atoms with Crippen molar-refractivity contribution < 1.29 is 14.3 Å². The number of piperazine rings is 1. The van der Waals surface area contributed by atoms with Crippen LogP contribution >= 0.6 is 0 Å². The number of ether oxygens (including phenoxy) is 2. The summed E-state index contributed by atoms with van der Waals surface area (Å²) >= 11 is 0. The Bertz CT molecular complexity index is 1240. The summed E-state index contributed by atoms with van der Waals surface area (Å²) in [5, 5.41) is 4.58. The summed E-state index contributed by atoms with van der Waals surface area (Å²) in [5.74, 6) is 1.01. The number of hydrogen-bond acceptors (Lipinski definition) is 6. The van der Waals surface area contributed by atoms with E-state index in [1.165, 1.54) is 42.6 Å². The van der Waals surface area contributed by atoms with E-state index in [0.717, 1.165) is 24.3 Å². The molecular weight excluding hydrogens is 478 g/mol. The molecule has 6 rings (SSSR count). The lowest BCUT2D eigenvalue weighted by Gasteiger charge is -2.36. The zero-order chi connectivity index (χ0) is 26.1. The quantitative estimate of drug-likeness (QED) is 0.480. The fourth-order valence-electron chi connectivity index (χ4n) is 5.91. The molecule has 0 saturated carbocycles. The predicted octanol–water partition coefficient (Wildman–Crippen LogP) is 4.49. The molecule has 0 spiro atoms. The highest BCUT2D eigenvalue weighted by Gasteiger charge is 2.26. The number of carbonyl (C=O) groups is 1. The van der Waals surface area contributed by atoms with Crippen LogP contribution < -0.4 is 4.90 Å². The van der Waals surface area contributed by atoms with Crippen LogP contribution in [-0.2, 0) is 9.47 Å². The van der Waals surface area contributed by atoms with Gasteiger partial charge in [0.05, 0.1) is 24.4 Å². The molecule has 0 aliphatic carbocycles. The maximum Gasteiger partial charge on any atom is 0.409 e. The monoisotopic (exact) mass is 517 g/mol. The van der Waals surface area contributed by atoms with Crippen molar-refractivity contribution in [2.24, 2.45) is 5.92 Å². The third kappa shape index (κ3) is 5.24. The highest BCUT2D eigenvalue weighted by Crippen LogP contribution is 2.32. The fraction of sp³-hybridized carbons (Fsp3) is 0.533. The van der Waals surface area contributed by atoms with Gasteiger partial charge in [-0.1, -0.05) is 24.3 Å². The second-order valence-electron chi connectivity index (χ2n) is 11.3. The van der Waals surface area contributed by atoms with Crippen molar-refractivity contribution >= 4 is 17.3 Å². The molecule has 2 aromatic heterocycles. The lowest BCUT2D eigenvalue weighted by molar-refractivity contribution is -0.0612. The highest BCUT2D eigenvalue weighted by atomic mass is 16.6. The summed E-state index contributed by atoms with van der Waals surface area (Å²) in [7, 11) is 0. The molecule has 202 valence electrons. The molecule has 3 aliphatic rings. The van der Waals surface area contributed by atoms with Crippen molar-refractivity contribution in [3.05, 3.63) is 54.4 Å². The Kier molecular flexibility index (Phi) is 7.26. The summed E-state index contributed by atoms with van der Waals surface area (Å²) < 4.78 is 12.6. The molecule has 38 heavy (non-hydrogen) atoms. The third-order valence-electron chi connectivity index (χ3n) is 8.49. The Morgan fingerprint density at radius 1 is 1.00 bits per heavy atom. The van der Waals surface area contributed by atoms with E-state index in [0.29, 0.717) is 50.8 Å². The molecule has 5 heterocycles. The Morgan fingerprint density at radius 2 is 1.74 bits per heavy atom. The molecule has 0 N–H and O–H groups in total. The Morgan fingerprint density at radius 3 is 2.39 bits per heavy atom. The van der Waals surface area contributed by atoms with E-state index in [4.69, 9.17) is 9.47 Å². The molecular formula is C30H39N5O3. The van der Waals surface area contributed by atoms with Crippen LogP contribution in [0.25, 0.3) is 16.6 Å². The standard InChI is InChI=1S/C30H39N5O3/c1-22(2)32-11-8-26(9-12-32)24-3-5-25(6-4-24)27-17-29-28(7-10-31-35(29)18-27)33-13-15-34(16-14-33)30(36)38-21-23-19-37-20-23/h3-7,10,17-18,22-23,26H,8-9,11-16,19-21H2,1-2H3. The van der Waals surface area contributed by atoms with Gasteiger partial charge in [0.15, 0.2) is 0 Å². The normalized spacial score (nSPS) is 19.8. The van der Waals surface area contributed by atoms with Crippen molar-refractivity contribution in [2.75, 3.05) is 64.0 Å². The lowest BCUT2D eigenvalue weighted by Crippen LogP contribution is -2.49. The van der Waals surface area contributed by atoms with Crippen molar-refractivity contribution in [3.63, 3.8) is 0 Å². The minimum absolute atomic E-state index is 0.213. The van der Waals surface area contributed by atoms with Crippen LogP contribution in [0.4, 0.5) is 10.5 Å². The summed E-state index contributed by atoms with van der Waals surface area (Å²) in [6.45, 7) is 11.7. The van der Waals surface area contributed by atoms with Gasteiger partial charge >= 0.3 is 6.09 Å². The van der Waals surface area contributed by atoms with Gasteiger partial charge < -0.3 is 24.2 Å². The zero-order valence-corrected chi connectivity index (χ0v) is 22.6. The topological polar surface area (TPSA) is 62.5 Å². The Labute approximate surface area is 225 Å². The molecule has 0 unspecified atom stereocenters. The summed E-state index contributed by atoms with van der Waals surface area (Å²) in [6.07, 6.45) is 6.24. The van der Waals surface area contributed by atoms with E-state index in [2.05, 4.69) is 71.3 Å². The molecule has 3 saturated heterocycles. The van der Waals surface area contributed by atoms with E-state index in [9.17, 15) is 4.79 Å². The summed E-state index contributed by atoms with van der Waals surface area (Å²) in [6, 6.07) is 14.1. The van der Waals surface area contributed by atoms with Crippen molar-refractivity contribution in [1.29, 1.82) is 0 Å². The summed E-state index contributed by atoms with van der Waals surface area (Å²) in [4.78, 5) is 19.2. The SMILES string of the molecule is CC(C)N1CCC(c2ccc(-c3cc4c(N5CCN(C(=O)OCC6COC6)CC5)ccnn4c3)cc2)CC1. The molecule has 3 fully saturated rings. The van der Waals surface area contributed by atoms with Crippen LogP contribution in [0.2, 0.25) is 0 Å². The number of rotatable bonds is 6. The number of anilines is 1. The molecule has 3 aromatic rings. The van der Waals surface area contributed by atoms with Crippen molar-refractivity contribution in [1.82, 2.24) is 19.4 Å². The van der Waals surface area contributed by atoms with Gasteiger partial charge in [0.25, 0.3) is 0 Å². The number of likely N-dealkylation sites (tertiary alicyclic amines) is 1. The van der Waals surface area contributed by atoms with Gasteiger partial charge in [0, 0.05) is 56.1 Å². The van der Waals surface area contributed by atoms with Gasteiger partial charge in [-0.05, 0) is 69.0 Å². The average Bonchev–Trinajstić information content (AvgIpc) is 3.37. The molecule has 8 heteroatoms. The predicted molar refractivity (Wildman–Crippen MR) is 149 cm³/mol. The fourth-order valence-corrected chi connectivity index (χ4v) is 5.91. The minimum atomic E-state index is -0.213. The van der Waals surface area contributed by atoms with E-state index < -0.39 is 0 Å². The smallest absolute Gasteiger partial charge is 0.409 e. The van der Waals surface area contributed by atoms with Gasteiger partial charge in [0.1, 0.15) is 6.61 Å². The first-order chi connectivity index (χ1) is 18.5. The molecule has 0 radical (unpaired) electrons. The third-order valence-corrected chi connectivity index (χ3v) is 8.49. The Hall–Kier alpha value is -3.10. The number of nitrogens with zero attached hydrogens (tertiary/aromatic N) is 5. The zero-order valence-electron chi connectivity index (χ0n) is 22.6. The lowest BCUT2D eigenvalue weighted by atomic mass is 9.88. The number of carbonyl (C=O) groups excluding carboxylic acids is 1. The van der Waals surface area contributed by atoms with E-state index in [1.807, 2.05) is 15.6 Å². The maximum atomic E-state index is 12.5. The second kappa shape index (κ2) is 10.9. The molecule has 8 nitrogen and oxygen atoms in total. The van der Waals surface area contributed by atoms with Gasteiger partial charge in [-0.25, -0.2) is 9.31 Å². The first kappa shape index (κ1) is 25.2. The highest BCUT2D eigenvalue weighted by molar-refractivity contribution is 5.80. The molecule has 1 aromatic carbocycles. The number of hydrogen-bond donors (Lipinski definition) is 0. The van der Waals surface area contributed by atoms with Crippen LogP contribution in [0.3, 0.4) is 0 Å². The van der Waals surface area contributed by atoms with Crippen molar-refractivity contribution in [3.8, 4) is 11.1 Å². The van der Waals surface area contributed by atoms with Gasteiger partial charge in [-0.15, -0.1) is 0 Å². The molecule has 0 bridgehead atoms. The van der Waals surface area contributed by atoms with Crippen LogP contribution in [0.5, 0.6) is 0 Å². The number of benzene rings is 1. The number of fused-ring (bicyclic) bond motifs is 1.